The molecule has 5 heterocycles. The van der Waals surface area contributed by atoms with Crippen molar-refractivity contribution in [2.24, 2.45) is 0 Å². The van der Waals surface area contributed by atoms with Crippen molar-refractivity contribution in [1.29, 1.82) is 0 Å². The first-order valence-corrected chi connectivity index (χ1v) is 15.5. The van der Waals surface area contributed by atoms with Crippen molar-refractivity contribution in [2.45, 2.75) is 37.2 Å². The summed E-state index contributed by atoms with van der Waals surface area (Å²) in [4.78, 5) is 26.6. The molecule has 1 aliphatic heterocycles. The summed E-state index contributed by atoms with van der Waals surface area (Å²) in [5.41, 5.74) is -0.588. The Hall–Kier alpha value is -3.19. The number of thiazole rings is 1. The predicted octanol–water partition coefficient (Wildman–Crippen LogP) is 3.83. The van der Waals surface area contributed by atoms with Crippen LogP contribution in [0.2, 0.25) is 0 Å². The number of alkyl halides is 3. The first-order chi connectivity index (χ1) is 19.3. The molecule has 2 N–H and O–H groups in total. The van der Waals surface area contributed by atoms with Gasteiger partial charge in [0.25, 0.3) is 15.9 Å². The highest BCUT2D eigenvalue weighted by Gasteiger charge is 2.35. The fraction of sp³-hybridized carbons (Fsp3) is 0.435. The SMILES string of the molecule is Cc1cc(C(=O)Nc2nc(C)c(S(=O)(=O)N3CCN(C[C@H](C)Nc4ncnc5c(C(F)(F)F)csc45)CC3)s2)no1. The summed E-state index contributed by atoms with van der Waals surface area (Å²) in [6.07, 6.45) is -3.39. The molecule has 12 nitrogen and oxygen atoms in total. The second-order valence-electron chi connectivity index (χ2n) is 9.47. The normalized spacial score (nSPS) is 16.2. The molecule has 18 heteroatoms. The van der Waals surface area contributed by atoms with Crippen LogP contribution in [0.5, 0.6) is 0 Å². The van der Waals surface area contributed by atoms with E-state index >= 15 is 0 Å². The summed E-state index contributed by atoms with van der Waals surface area (Å²) in [5, 5.41) is 10.5. The van der Waals surface area contributed by atoms with E-state index in [2.05, 4.69) is 35.6 Å². The van der Waals surface area contributed by atoms with E-state index in [9.17, 15) is 26.4 Å². The van der Waals surface area contributed by atoms with Gasteiger partial charge in [-0.3, -0.25) is 15.0 Å². The molecular weight excluding hydrogens is 606 g/mol. The molecule has 0 unspecified atom stereocenters. The third kappa shape index (κ3) is 6.20. The number of amides is 1. The number of carbonyl (C=O) groups is 1. The molecule has 0 radical (unpaired) electrons. The van der Waals surface area contributed by atoms with E-state index in [0.29, 0.717) is 35.9 Å². The lowest BCUT2D eigenvalue weighted by Crippen LogP contribution is -2.50. The van der Waals surface area contributed by atoms with E-state index in [1.165, 1.54) is 10.4 Å². The number of aryl methyl sites for hydroxylation is 2. The van der Waals surface area contributed by atoms with Crippen molar-refractivity contribution in [1.82, 2.24) is 29.3 Å². The Balaban J connectivity index is 1.18. The summed E-state index contributed by atoms with van der Waals surface area (Å²) in [6.45, 7) is 7.01. The van der Waals surface area contributed by atoms with Crippen molar-refractivity contribution < 1.29 is 30.9 Å². The van der Waals surface area contributed by atoms with E-state index in [-0.39, 0.29) is 45.4 Å². The van der Waals surface area contributed by atoms with Crippen LogP contribution in [0.1, 0.15) is 34.4 Å². The van der Waals surface area contributed by atoms with Crippen molar-refractivity contribution in [2.75, 3.05) is 43.4 Å². The number of fused-ring (bicyclic) bond motifs is 1. The Morgan fingerprint density at radius 2 is 1.93 bits per heavy atom. The fourth-order valence-corrected chi connectivity index (χ4v) is 8.35. The summed E-state index contributed by atoms with van der Waals surface area (Å²) in [6, 6.07) is 1.28. The minimum atomic E-state index is -4.50. The van der Waals surface area contributed by atoms with Gasteiger partial charge in [0.05, 0.1) is 21.5 Å². The summed E-state index contributed by atoms with van der Waals surface area (Å²) >= 11 is 1.80. The summed E-state index contributed by atoms with van der Waals surface area (Å²) in [5.74, 6) is 0.233. The highest BCUT2D eigenvalue weighted by molar-refractivity contribution is 7.91. The van der Waals surface area contributed by atoms with Gasteiger partial charge >= 0.3 is 6.18 Å². The molecule has 4 aromatic rings. The van der Waals surface area contributed by atoms with Gasteiger partial charge in [0.15, 0.2) is 15.0 Å². The number of nitrogens with zero attached hydrogens (tertiary/aromatic N) is 6. The topological polar surface area (TPSA) is 146 Å². The van der Waals surface area contributed by atoms with Crippen molar-refractivity contribution in [3.63, 3.8) is 0 Å². The molecule has 0 aliphatic carbocycles. The minimum Gasteiger partial charge on any atom is -0.365 e. The van der Waals surface area contributed by atoms with Crippen LogP contribution in [0.25, 0.3) is 10.2 Å². The third-order valence-electron chi connectivity index (χ3n) is 6.31. The van der Waals surface area contributed by atoms with Gasteiger partial charge in [0, 0.05) is 50.2 Å². The van der Waals surface area contributed by atoms with Crippen LogP contribution >= 0.6 is 22.7 Å². The van der Waals surface area contributed by atoms with Crippen LogP contribution in [-0.2, 0) is 16.2 Å². The highest BCUT2D eigenvalue weighted by Crippen LogP contribution is 2.39. The van der Waals surface area contributed by atoms with Crippen LogP contribution in [0, 0.1) is 13.8 Å². The Kier molecular flexibility index (Phi) is 8.03. The first-order valence-electron chi connectivity index (χ1n) is 12.3. The quantitative estimate of drug-likeness (QED) is 0.295. The number of halogens is 3. The molecule has 1 fully saturated rings. The number of carbonyl (C=O) groups excluding carboxylic acids is 1. The zero-order chi connectivity index (χ0) is 29.5. The lowest BCUT2D eigenvalue weighted by Gasteiger charge is -2.35. The van der Waals surface area contributed by atoms with Crippen LogP contribution in [0.15, 0.2) is 26.5 Å². The molecular formula is C23H25F3N8O4S3. The average molecular weight is 631 g/mol. The monoisotopic (exact) mass is 630 g/mol. The predicted molar refractivity (Wildman–Crippen MR) is 147 cm³/mol. The van der Waals surface area contributed by atoms with Gasteiger partial charge in [-0.05, 0) is 20.8 Å². The number of rotatable bonds is 8. The Morgan fingerprint density at radius 3 is 2.59 bits per heavy atom. The molecule has 4 aromatic heterocycles. The maximum atomic E-state index is 13.4. The molecule has 1 saturated heterocycles. The molecule has 1 aliphatic rings. The summed E-state index contributed by atoms with van der Waals surface area (Å²) in [7, 11) is -3.85. The molecule has 5 rings (SSSR count). The number of hydrogen-bond donors (Lipinski definition) is 2. The maximum Gasteiger partial charge on any atom is 0.419 e. The molecule has 0 spiro atoms. The van der Waals surface area contributed by atoms with Gasteiger partial charge in [0.1, 0.15) is 17.9 Å². The zero-order valence-corrected chi connectivity index (χ0v) is 24.5. The molecule has 220 valence electrons. The van der Waals surface area contributed by atoms with Gasteiger partial charge in [-0.2, -0.15) is 17.5 Å². The second kappa shape index (κ2) is 11.2. The third-order valence-corrected chi connectivity index (χ3v) is 10.8. The number of thiophene rings is 1. The summed E-state index contributed by atoms with van der Waals surface area (Å²) < 4.78 is 73.2. The molecule has 0 aromatic carbocycles. The van der Waals surface area contributed by atoms with Crippen molar-refractivity contribution in [3.05, 3.63) is 40.5 Å². The van der Waals surface area contributed by atoms with E-state index < -0.39 is 27.7 Å². The van der Waals surface area contributed by atoms with E-state index in [1.54, 1.807) is 13.8 Å². The molecule has 1 amide bonds. The molecule has 0 bridgehead atoms. The number of anilines is 2. The standard InChI is InChI=1S/C23H25F3N8O4S3/c1-12(29-19-18-17(27-11-28-19)15(10-39-18)23(24,25)26)9-33-4-6-34(7-5-33)41(36,37)21-14(3)30-22(40-21)31-20(35)16-8-13(2)38-32-16/h8,10-12H,4-7,9H2,1-3H3,(H,27,28,29)(H,30,31,35)/t12-/m0/s1. The molecule has 0 saturated carbocycles. The number of aromatic nitrogens is 4. The van der Waals surface area contributed by atoms with Crippen LogP contribution in [0.4, 0.5) is 24.1 Å². The van der Waals surface area contributed by atoms with Gasteiger partial charge in [-0.1, -0.05) is 16.5 Å². The van der Waals surface area contributed by atoms with Crippen molar-refractivity contribution in [3.8, 4) is 0 Å². The lowest BCUT2D eigenvalue weighted by molar-refractivity contribution is -0.136. The van der Waals surface area contributed by atoms with Crippen LogP contribution in [-0.4, -0.2) is 82.4 Å². The van der Waals surface area contributed by atoms with E-state index in [4.69, 9.17) is 4.52 Å². The number of nitrogens with one attached hydrogen (secondary N) is 2. The molecule has 1 atom stereocenters. The maximum absolute atomic E-state index is 13.4. The lowest BCUT2D eigenvalue weighted by atomic mass is 10.2. The van der Waals surface area contributed by atoms with Crippen LogP contribution in [0.3, 0.4) is 0 Å². The van der Waals surface area contributed by atoms with Gasteiger partial charge in [-0.25, -0.2) is 23.4 Å². The number of piperazine rings is 1. The highest BCUT2D eigenvalue weighted by atomic mass is 32.2. The van der Waals surface area contributed by atoms with Gasteiger partial charge in [-0.15, -0.1) is 11.3 Å². The van der Waals surface area contributed by atoms with Gasteiger partial charge in [0.2, 0.25) is 0 Å². The van der Waals surface area contributed by atoms with Crippen molar-refractivity contribution >= 4 is 59.8 Å². The van der Waals surface area contributed by atoms with E-state index in [1.807, 2.05) is 6.92 Å². The number of hydrogen-bond acceptors (Lipinski definition) is 12. The Labute approximate surface area is 240 Å². The van der Waals surface area contributed by atoms with E-state index in [0.717, 1.165) is 34.4 Å². The smallest absolute Gasteiger partial charge is 0.365 e. The van der Waals surface area contributed by atoms with Crippen LogP contribution < -0.4 is 10.6 Å². The zero-order valence-electron chi connectivity index (χ0n) is 22.0. The Morgan fingerprint density at radius 1 is 1.20 bits per heavy atom. The number of sulfonamides is 1. The Bertz CT molecular complexity index is 1680. The minimum absolute atomic E-state index is 0.0505. The average Bonchev–Trinajstić information content (AvgIpc) is 3.63. The fourth-order valence-electron chi connectivity index (χ4n) is 4.40. The second-order valence-corrected chi connectivity index (χ2v) is 13.5. The molecule has 41 heavy (non-hydrogen) atoms. The van der Waals surface area contributed by atoms with Gasteiger partial charge < -0.3 is 9.84 Å². The largest absolute Gasteiger partial charge is 0.419 e. The first kappa shape index (κ1) is 29.3.